The molecule has 1 rings (SSSR count). The van der Waals surface area contributed by atoms with Gasteiger partial charge in [0.05, 0.1) is 59.0 Å². The molecule has 0 bridgehead atoms. The molecule has 0 saturated carbocycles. The smallest absolute Gasteiger partial charge is 0.360 e. The van der Waals surface area contributed by atoms with E-state index in [4.69, 9.17) is 24.7 Å². The zero-order chi connectivity index (χ0) is 16.0. The number of nitrogens with two attached hydrogens (primary N) is 1. The second kappa shape index (κ2) is 12.0. The predicted molar refractivity (Wildman–Crippen MR) is 77.5 cm³/mol. The van der Waals surface area contributed by atoms with Crippen molar-refractivity contribution in [3.63, 3.8) is 0 Å². The molecule has 0 saturated heterocycles. The Hall–Kier alpha value is -1.55. The first-order valence-electron chi connectivity index (χ1n) is 7.28. The summed E-state index contributed by atoms with van der Waals surface area (Å²) in [4.78, 5) is 11.4. The summed E-state index contributed by atoms with van der Waals surface area (Å²) < 4.78 is 22.2. The number of nitrogens with zero attached hydrogens (tertiary/aromatic N) is 3. The molecule has 0 fully saturated rings. The van der Waals surface area contributed by atoms with E-state index >= 15 is 0 Å². The van der Waals surface area contributed by atoms with Crippen LogP contribution in [0.5, 0.6) is 0 Å². The summed E-state index contributed by atoms with van der Waals surface area (Å²) in [7, 11) is 0. The number of esters is 1. The van der Waals surface area contributed by atoms with E-state index in [0.29, 0.717) is 59.3 Å². The Morgan fingerprint density at radius 1 is 1.14 bits per heavy atom. The topological polar surface area (TPSA) is 111 Å². The molecule has 9 heteroatoms. The van der Waals surface area contributed by atoms with E-state index in [1.165, 1.54) is 10.9 Å². The lowest BCUT2D eigenvalue weighted by Gasteiger charge is -2.06. The first-order valence-corrected chi connectivity index (χ1v) is 7.28. The highest BCUT2D eigenvalue weighted by atomic mass is 16.5. The summed E-state index contributed by atoms with van der Waals surface area (Å²) >= 11 is 0. The van der Waals surface area contributed by atoms with Gasteiger partial charge in [0.2, 0.25) is 0 Å². The zero-order valence-electron chi connectivity index (χ0n) is 12.9. The number of rotatable bonds is 13. The summed E-state index contributed by atoms with van der Waals surface area (Å²) in [5.41, 5.74) is 5.48. The third-order valence-electron chi connectivity index (χ3n) is 2.49. The minimum Gasteiger partial charge on any atom is -0.461 e. The molecule has 22 heavy (non-hydrogen) atoms. The fourth-order valence-corrected chi connectivity index (χ4v) is 1.49. The van der Waals surface area contributed by atoms with Crippen LogP contribution in [0.2, 0.25) is 0 Å². The molecule has 1 aromatic rings. The molecule has 9 nitrogen and oxygen atoms in total. The highest BCUT2D eigenvalue weighted by molar-refractivity contribution is 5.86. The Morgan fingerprint density at radius 3 is 2.41 bits per heavy atom. The van der Waals surface area contributed by atoms with E-state index in [9.17, 15) is 4.79 Å². The number of hydrogen-bond donors (Lipinski definition) is 1. The first kappa shape index (κ1) is 18.5. The summed E-state index contributed by atoms with van der Waals surface area (Å²) in [6.07, 6.45) is 1.53. The van der Waals surface area contributed by atoms with E-state index in [1.54, 1.807) is 6.92 Å². The molecule has 0 aliphatic heterocycles. The van der Waals surface area contributed by atoms with Gasteiger partial charge in [0, 0.05) is 6.54 Å². The predicted octanol–water partition coefficient (Wildman–Crippen LogP) is -0.537. The molecule has 1 heterocycles. The van der Waals surface area contributed by atoms with Crippen LogP contribution in [0.25, 0.3) is 0 Å². The van der Waals surface area contributed by atoms with E-state index in [1.807, 2.05) is 0 Å². The maximum atomic E-state index is 11.4. The van der Waals surface area contributed by atoms with Crippen LogP contribution in [-0.2, 0) is 25.5 Å². The lowest BCUT2D eigenvalue weighted by atomic mass is 10.5. The Bertz CT molecular complexity index is 413. The van der Waals surface area contributed by atoms with Crippen molar-refractivity contribution in [1.82, 2.24) is 15.0 Å². The largest absolute Gasteiger partial charge is 0.461 e. The van der Waals surface area contributed by atoms with Crippen LogP contribution >= 0.6 is 0 Å². The molecule has 0 aliphatic rings. The van der Waals surface area contributed by atoms with Gasteiger partial charge in [-0.1, -0.05) is 5.21 Å². The molecule has 0 unspecified atom stereocenters. The van der Waals surface area contributed by atoms with E-state index in [0.717, 1.165) is 0 Å². The molecule has 0 spiro atoms. The Labute approximate surface area is 129 Å². The van der Waals surface area contributed by atoms with Gasteiger partial charge in [-0.05, 0) is 6.92 Å². The standard InChI is InChI=1S/C13H24N4O5/c1-2-22-13(18)12-11-17(16-15-12)4-6-20-8-10-21-9-7-19-5-3-14/h11H,2-10,14H2,1H3. The van der Waals surface area contributed by atoms with Crippen molar-refractivity contribution < 1.29 is 23.7 Å². The Kier molecular flexibility index (Phi) is 10.1. The van der Waals surface area contributed by atoms with Crippen LogP contribution in [0, 0.1) is 0 Å². The number of carbonyl (C=O) groups is 1. The maximum absolute atomic E-state index is 11.4. The fraction of sp³-hybridized carbons (Fsp3) is 0.769. The highest BCUT2D eigenvalue weighted by Gasteiger charge is 2.11. The van der Waals surface area contributed by atoms with Crippen LogP contribution in [0.15, 0.2) is 6.20 Å². The van der Waals surface area contributed by atoms with Crippen molar-refractivity contribution in [2.45, 2.75) is 13.5 Å². The summed E-state index contributed by atoms with van der Waals surface area (Å²) in [6.45, 7) is 6.12. The van der Waals surface area contributed by atoms with Gasteiger partial charge < -0.3 is 24.7 Å². The van der Waals surface area contributed by atoms with Crippen molar-refractivity contribution in [1.29, 1.82) is 0 Å². The number of carbonyl (C=O) groups excluding carboxylic acids is 1. The van der Waals surface area contributed by atoms with Crippen molar-refractivity contribution >= 4 is 5.97 Å². The third kappa shape index (κ3) is 8.03. The van der Waals surface area contributed by atoms with Crippen LogP contribution in [0.3, 0.4) is 0 Å². The first-order chi connectivity index (χ1) is 10.8. The number of hydrogen-bond acceptors (Lipinski definition) is 8. The summed E-state index contributed by atoms with van der Waals surface area (Å²) in [5, 5.41) is 7.56. The molecular weight excluding hydrogens is 292 g/mol. The van der Waals surface area contributed by atoms with Crippen molar-refractivity contribution in [3.05, 3.63) is 11.9 Å². The van der Waals surface area contributed by atoms with Gasteiger partial charge in [-0.15, -0.1) is 5.10 Å². The second-order valence-corrected chi connectivity index (χ2v) is 4.21. The molecule has 126 valence electrons. The third-order valence-corrected chi connectivity index (χ3v) is 2.49. The van der Waals surface area contributed by atoms with Crippen LogP contribution in [0.1, 0.15) is 17.4 Å². The van der Waals surface area contributed by atoms with Gasteiger partial charge in [-0.25, -0.2) is 9.48 Å². The lowest BCUT2D eigenvalue weighted by molar-refractivity contribution is 0.0141. The molecule has 0 amide bonds. The van der Waals surface area contributed by atoms with Gasteiger partial charge in [0.1, 0.15) is 0 Å². The van der Waals surface area contributed by atoms with Crippen LogP contribution < -0.4 is 5.73 Å². The Balaban J connectivity index is 2.00. The lowest BCUT2D eigenvalue weighted by Crippen LogP contribution is -2.14. The highest BCUT2D eigenvalue weighted by Crippen LogP contribution is 1.96. The van der Waals surface area contributed by atoms with E-state index in [2.05, 4.69) is 10.3 Å². The Morgan fingerprint density at radius 2 is 1.77 bits per heavy atom. The minimum absolute atomic E-state index is 0.197. The van der Waals surface area contributed by atoms with Crippen LogP contribution in [-0.4, -0.2) is 73.8 Å². The maximum Gasteiger partial charge on any atom is 0.360 e. The fourth-order valence-electron chi connectivity index (χ4n) is 1.49. The molecule has 0 radical (unpaired) electrons. The van der Waals surface area contributed by atoms with Gasteiger partial charge in [-0.2, -0.15) is 0 Å². The number of ether oxygens (including phenoxy) is 4. The molecule has 1 aromatic heterocycles. The van der Waals surface area contributed by atoms with Crippen molar-refractivity contribution in [2.75, 3.05) is 52.8 Å². The van der Waals surface area contributed by atoms with Crippen molar-refractivity contribution in [3.8, 4) is 0 Å². The molecule has 0 atom stereocenters. The summed E-state index contributed by atoms with van der Waals surface area (Å²) in [6, 6.07) is 0. The van der Waals surface area contributed by atoms with Gasteiger partial charge in [0.25, 0.3) is 0 Å². The summed E-state index contributed by atoms with van der Waals surface area (Å²) in [5.74, 6) is -0.472. The van der Waals surface area contributed by atoms with Gasteiger partial charge >= 0.3 is 5.97 Å². The normalized spacial score (nSPS) is 10.8. The average Bonchev–Trinajstić information content (AvgIpc) is 2.98. The van der Waals surface area contributed by atoms with E-state index in [-0.39, 0.29) is 5.69 Å². The number of aromatic nitrogens is 3. The van der Waals surface area contributed by atoms with E-state index < -0.39 is 5.97 Å². The zero-order valence-corrected chi connectivity index (χ0v) is 12.9. The second-order valence-electron chi connectivity index (χ2n) is 4.21. The molecule has 2 N–H and O–H groups in total. The molecular formula is C13H24N4O5. The van der Waals surface area contributed by atoms with Gasteiger partial charge in [-0.3, -0.25) is 0 Å². The van der Waals surface area contributed by atoms with Gasteiger partial charge in [0.15, 0.2) is 5.69 Å². The van der Waals surface area contributed by atoms with Crippen molar-refractivity contribution in [2.24, 2.45) is 5.73 Å². The van der Waals surface area contributed by atoms with Crippen LogP contribution in [0.4, 0.5) is 0 Å². The monoisotopic (exact) mass is 316 g/mol. The quantitative estimate of drug-likeness (QED) is 0.382. The minimum atomic E-state index is -0.472. The SMILES string of the molecule is CCOC(=O)c1cn(CCOCCOCCOCCN)nn1. The average molecular weight is 316 g/mol. The molecule has 0 aliphatic carbocycles. The molecule has 0 aromatic carbocycles.